The third-order valence-corrected chi connectivity index (χ3v) is 2.60. The Balaban J connectivity index is 2.87. The molecule has 1 heterocycles. The largest absolute Gasteiger partial charge is 0.358 e. The summed E-state index contributed by atoms with van der Waals surface area (Å²) in [6, 6.07) is 1.72. The Morgan fingerprint density at radius 1 is 1.41 bits per heavy atom. The molecule has 0 aliphatic carbocycles. The number of pyridine rings is 1. The van der Waals surface area contributed by atoms with Crippen molar-refractivity contribution in [2.45, 2.75) is 39.8 Å². The third-order valence-electron chi connectivity index (χ3n) is 2.60. The van der Waals surface area contributed by atoms with Gasteiger partial charge in [0, 0.05) is 37.4 Å². The highest BCUT2D eigenvalue weighted by Crippen LogP contribution is 2.18. The van der Waals surface area contributed by atoms with Gasteiger partial charge in [-0.3, -0.25) is 0 Å². The Bertz CT molecular complexity index is 371. The van der Waals surface area contributed by atoms with Crippen LogP contribution in [0.25, 0.3) is 0 Å². The molecule has 0 aliphatic heterocycles. The summed E-state index contributed by atoms with van der Waals surface area (Å²) < 4.78 is 14.1. The van der Waals surface area contributed by atoms with Crippen molar-refractivity contribution < 1.29 is 4.39 Å². The predicted molar refractivity (Wildman–Crippen MR) is 69.7 cm³/mol. The van der Waals surface area contributed by atoms with Crippen LogP contribution in [0.4, 0.5) is 10.2 Å². The predicted octanol–water partition coefficient (Wildman–Crippen LogP) is 2.56. The second kappa shape index (κ2) is 5.45. The fourth-order valence-electron chi connectivity index (χ4n) is 1.38. The maximum atomic E-state index is 14.1. The molecule has 0 saturated carbocycles. The molecular formula is C13H22FN3. The third kappa shape index (κ3) is 3.97. The Kier molecular flexibility index (Phi) is 4.46. The monoisotopic (exact) mass is 239 g/mol. The Labute approximate surface area is 103 Å². The number of hydrogen-bond donors (Lipinski definition) is 1. The lowest BCUT2D eigenvalue weighted by Gasteiger charge is -2.22. The quantitative estimate of drug-likeness (QED) is 0.875. The second-order valence-electron chi connectivity index (χ2n) is 5.23. The van der Waals surface area contributed by atoms with Gasteiger partial charge in [0.15, 0.2) is 11.6 Å². The molecule has 0 radical (unpaired) electrons. The van der Waals surface area contributed by atoms with Crippen molar-refractivity contribution in [2.24, 2.45) is 0 Å². The summed E-state index contributed by atoms with van der Waals surface area (Å²) in [4.78, 5) is 5.88. The zero-order chi connectivity index (χ0) is 13.1. The molecule has 1 N–H and O–H groups in total. The summed E-state index contributed by atoms with van der Waals surface area (Å²) in [7, 11) is 1.84. The van der Waals surface area contributed by atoms with Crippen LogP contribution in [0.1, 0.15) is 33.3 Å². The van der Waals surface area contributed by atoms with E-state index in [0.29, 0.717) is 17.9 Å². The van der Waals surface area contributed by atoms with E-state index in [0.717, 1.165) is 6.54 Å². The molecule has 0 spiro atoms. The highest BCUT2D eigenvalue weighted by molar-refractivity contribution is 5.42. The van der Waals surface area contributed by atoms with Crippen LogP contribution in [0.3, 0.4) is 0 Å². The van der Waals surface area contributed by atoms with Crippen molar-refractivity contribution in [3.63, 3.8) is 0 Å². The van der Waals surface area contributed by atoms with Crippen LogP contribution in [-0.2, 0) is 6.54 Å². The van der Waals surface area contributed by atoms with Crippen molar-refractivity contribution in [1.29, 1.82) is 0 Å². The van der Waals surface area contributed by atoms with E-state index in [-0.39, 0.29) is 11.4 Å². The maximum absolute atomic E-state index is 14.1. The lowest BCUT2D eigenvalue weighted by molar-refractivity contribution is 0.418. The second-order valence-corrected chi connectivity index (χ2v) is 5.23. The van der Waals surface area contributed by atoms with Crippen LogP contribution in [0.15, 0.2) is 12.3 Å². The molecule has 4 heteroatoms. The zero-order valence-corrected chi connectivity index (χ0v) is 11.3. The van der Waals surface area contributed by atoms with Crippen LogP contribution >= 0.6 is 0 Å². The number of nitrogens with one attached hydrogen (secondary N) is 1. The maximum Gasteiger partial charge on any atom is 0.170 e. The normalized spacial score (nSPS) is 11.6. The summed E-state index contributed by atoms with van der Waals surface area (Å²) >= 11 is 0. The summed E-state index contributed by atoms with van der Waals surface area (Å²) in [5.41, 5.74) is 0.636. The van der Waals surface area contributed by atoms with Crippen LogP contribution in [0, 0.1) is 5.82 Å². The molecule has 1 aromatic heterocycles. The van der Waals surface area contributed by atoms with Gasteiger partial charge in [-0.25, -0.2) is 9.37 Å². The minimum atomic E-state index is -0.228. The molecule has 0 fully saturated rings. The van der Waals surface area contributed by atoms with Gasteiger partial charge < -0.3 is 10.2 Å². The number of aromatic nitrogens is 1. The van der Waals surface area contributed by atoms with E-state index >= 15 is 0 Å². The standard InChI is InChI=1S/C13H22FN3/c1-6-17(5)12-11(14)10(7-8-15-12)9-16-13(2,3)4/h7-8,16H,6,9H2,1-5H3. The van der Waals surface area contributed by atoms with E-state index in [2.05, 4.69) is 31.1 Å². The zero-order valence-electron chi connectivity index (χ0n) is 11.3. The number of nitrogens with zero attached hydrogens (tertiary/aromatic N) is 2. The van der Waals surface area contributed by atoms with Crippen LogP contribution in [-0.4, -0.2) is 24.1 Å². The van der Waals surface area contributed by atoms with Gasteiger partial charge in [-0.05, 0) is 33.8 Å². The summed E-state index contributed by atoms with van der Waals surface area (Å²) in [5, 5.41) is 3.28. The smallest absolute Gasteiger partial charge is 0.170 e. The number of anilines is 1. The van der Waals surface area contributed by atoms with Crippen molar-refractivity contribution >= 4 is 5.82 Å². The molecule has 0 saturated heterocycles. The van der Waals surface area contributed by atoms with Crippen molar-refractivity contribution in [3.8, 4) is 0 Å². The van der Waals surface area contributed by atoms with E-state index < -0.39 is 0 Å². The summed E-state index contributed by atoms with van der Waals surface area (Å²) in [6.07, 6.45) is 1.66. The van der Waals surface area contributed by atoms with Gasteiger partial charge >= 0.3 is 0 Å². The Morgan fingerprint density at radius 2 is 2.06 bits per heavy atom. The molecule has 17 heavy (non-hydrogen) atoms. The van der Waals surface area contributed by atoms with Gasteiger partial charge in [0.2, 0.25) is 0 Å². The Hall–Kier alpha value is -1.16. The minimum Gasteiger partial charge on any atom is -0.358 e. The number of rotatable bonds is 4. The molecule has 0 unspecified atom stereocenters. The van der Waals surface area contributed by atoms with E-state index in [4.69, 9.17) is 0 Å². The molecule has 0 bridgehead atoms. The summed E-state index contributed by atoms with van der Waals surface area (Å²) in [5.74, 6) is 0.189. The highest BCUT2D eigenvalue weighted by atomic mass is 19.1. The van der Waals surface area contributed by atoms with Gasteiger partial charge in [0.25, 0.3) is 0 Å². The Morgan fingerprint density at radius 3 is 2.59 bits per heavy atom. The molecular weight excluding hydrogens is 217 g/mol. The van der Waals surface area contributed by atoms with E-state index in [1.165, 1.54) is 0 Å². The first-order valence-corrected chi connectivity index (χ1v) is 5.94. The average molecular weight is 239 g/mol. The van der Waals surface area contributed by atoms with Gasteiger partial charge in [0.05, 0.1) is 0 Å². The molecule has 0 aromatic carbocycles. The molecule has 0 atom stereocenters. The number of hydrogen-bond acceptors (Lipinski definition) is 3. The van der Waals surface area contributed by atoms with Crippen LogP contribution in [0.2, 0.25) is 0 Å². The molecule has 96 valence electrons. The molecule has 1 aromatic rings. The van der Waals surface area contributed by atoms with Crippen molar-refractivity contribution in [1.82, 2.24) is 10.3 Å². The van der Waals surface area contributed by atoms with Crippen molar-refractivity contribution in [2.75, 3.05) is 18.5 Å². The minimum absolute atomic E-state index is 0.0213. The topological polar surface area (TPSA) is 28.2 Å². The first kappa shape index (κ1) is 13.9. The summed E-state index contributed by atoms with van der Waals surface area (Å²) in [6.45, 7) is 9.41. The number of halogens is 1. The van der Waals surface area contributed by atoms with E-state index in [1.54, 1.807) is 17.2 Å². The SMILES string of the molecule is CCN(C)c1nccc(CNC(C)(C)C)c1F. The molecule has 0 amide bonds. The fourth-order valence-corrected chi connectivity index (χ4v) is 1.38. The molecule has 1 rings (SSSR count). The van der Waals surface area contributed by atoms with Crippen LogP contribution in [0.5, 0.6) is 0 Å². The first-order valence-electron chi connectivity index (χ1n) is 5.94. The van der Waals surface area contributed by atoms with E-state index in [9.17, 15) is 4.39 Å². The highest BCUT2D eigenvalue weighted by Gasteiger charge is 2.14. The van der Waals surface area contributed by atoms with E-state index in [1.807, 2.05) is 14.0 Å². The molecule has 3 nitrogen and oxygen atoms in total. The van der Waals surface area contributed by atoms with Crippen molar-refractivity contribution in [3.05, 3.63) is 23.6 Å². The lowest BCUT2D eigenvalue weighted by atomic mass is 10.1. The van der Waals surface area contributed by atoms with Gasteiger partial charge in [-0.15, -0.1) is 0 Å². The van der Waals surface area contributed by atoms with Gasteiger partial charge in [0.1, 0.15) is 0 Å². The lowest BCUT2D eigenvalue weighted by Crippen LogP contribution is -2.35. The van der Waals surface area contributed by atoms with Gasteiger partial charge in [-0.2, -0.15) is 0 Å². The fraction of sp³-hybridized carbons (Fsp3) is 0.615. The van der Waals surface area contributed by atoms with Gasteiger partial charge in [-0.1, -0.05) is 0 Å². The molecule has 0 aliphatic rings. The first-order chi connectivity index (χ1) is 7.85. The average Bonchev–Trinajstić information content (AvgIpc) is 2.25. The van der Waals surface area contributed by atoms with Crippen LogP contribution < -0.4 is 10.2 Å².